The first kappa shape index (κ1) is 19.5. The van der Waals surface area contributed by atoms with Gasteiger partial charge in [-0.25, -0.2) is 4.98 Å². The van der Waals surface area contributed by atoms with Crippen molar-refractivity contribution in [1.82, 2.24) is 15.6 Å². The van der Waals surface area contributed by atoms with Crippen LogP contribution in [-0.4, -0.2) is 44.7 Å². The first-order valence-corrected chi connectivity index (χ1v) is 10.2. The molecule has 27 heavy (non-hydrogen) atoms. The second-order valence-electron chi connectivity index (χ2n) is 6.86. The molecule has 146 valence electrons. The highest BCUT2D eigenvalue weighted by Gasteiger charge is 2.23. The Morgan fingerprint density at radius 1 is 1.37 bits per heavy atom. The van der Waals surface area contributed by atoms with Crippen LogP contribution in [0.2, 0.25) is 0 Å². The molecular formula is C20H29N5OS. The zero-order valence-corrected chi connectivity index (χ0v) is 17.4. The highest BCUT2D eigenvalue weighted by Crippen LogP contribution is 2.26. The van der Waals surface area contributed by atoms with Crippen molar-refractivity contribution in [1.29, 1.82) is 0 Å². The lowest BCUT2D eigenvalue weighted by molar-refractivity contribution is 0.415. The van der Waals surface area contributed by atoms with E-state index in [-0.39, 0.29) is 0 Å². The highest BCUT2D eigenvalue weighted by molar-refractivity contribution is 7.11. The maximum atomic E-state index is 5.34. The lowest BCUT2D eigenvalue weighted by atomic mass is 10.1. The van der Waals surface area contributed by atoms with E-state index in [1.807, 2.05) is 19.2 Å². The molecule has 0 spiro atoms. The Bertz CT molecular complexity index is 769. The van der Waals surface area contributed by atoms with Crippen LogP contribution in [0.1, 0.15) is 22.0 Å². The second-order valence-corrected chi connectivity index (χ2v) is 8.15. The number of ether oxygens (including phenoxy) is 1. The molecule has 0 aliphatic carbocycles. The summed E-state index contributed by atoms with van der Waals surface area (Å²) in [4.78, 5) is 12.6. The molecule has 7 heteroatoms. The Labute approximate surface area is 165 Å². The van der Waals surface area contributed by atoms with Crippen LogP contribution < -0.4 is 20.3 Å². The predicted molar refractivity (Wildman–Crippen MR) is 113 cm³/mol. The van der Waals surface area contributed by atoms with E-state index in [1.165, 1.54) is 17.0 Å². The van der Waals surface area contributed by atoms with Crippen molar-refractivity contribution in [3.8, 4) is 5.75 Å². The van der Waals surface area contributed by atoms with E-state index < -0.39 is 0 Å². The second kappa shape index (κ2) is 9.08. The van der Waals surface area contributed by atoms with Gasteiger partial charge < -0.3 is 20.3 Å². The van der Waals surface area contributed by atoms with Gasteiger partial charge in [0.05, 0.1) is 19.3 Å². The summed E-state index contributed by atoms with van der Waals surface area (Å²) in [7, 11) is 3.52. The van der Waals surface area contributed by atoms with Gasteiger partial charge in [0.2, 0.25) is 0 Å². The maximum Gasteiger partial charge on any atom is 0.191 e. The summed E-state index contributed by atoms with van der Waals surface area (Å²) < 4.78 is 5.34. The summed E-state index contributed by atoms with van der Waals surface area (Å²) in [6, 6.07) is 8.29. The molecule has 3 rings (SSSR count). The number of guanidine groups is 1. The number of aliphatic imine (C=N–C) groups is 1. The van der Waals surface area contributed by atoms with E-state index in [0.29, 0.717) is 12.5 Å². The molecule has 1 atom stereocenters. The number of rotatable bonds is 6. The van der Waals surface area contributed by atoms with Crippen LogP contribution in [0.5, 0.6) is 5.75 Å². The topological polar surface area (TPSA) is 61.8 Å². The summed E-state index contributed by atoms with van der Waals surface area (Å²) in [5.74, 6) is 2.34. The number of thiazole rings is 1. The predicted octanol–water partition coefficient (Wildman–Crippen LogP) is 2.96. The van der Waals surface area contributed by atoms with Gasteiger partial charge in [0.15, 0.2) is 5.96 Å². The smallest absolute Gasteiger partial charge is 0.191 e. The summed E-state index contributed by atoms with van der Waals surface area (Å²) in [6.45, 7) is 7.90. The van der Waals surface area contributed by atoms with Crippen molar-refractivity contribution in [2.24, 2.45) is 10.9 Å². The van der Waals surface area contributed by atoms with Gasteiger partial charge in [0.25, 0.3) is 0 Å². The van der Waals surface area contributed by atoms with Gasteiger partial charge >= 0.3 is 0 Å². The molecule has 2 aromatic rings. The van der Waals surface area contributed by atoms with Crippen LogP contribution in [-0.2, 0) is 6.54 Å². The summed E-state index contributed by atoms with van der Waals surface area (Å²) in [5, 5.41) is 7.92. The molecule has 0 bridgehead atoms. The third-order valence-electron chi connectivity index (χ3n) is 4.97. The van der Waals surface area contributed by atoms with Crippen LogP contribution in [0, 0.1) is 19.8 Å². The number of aryl methyl sites for hydroxylation is 2. The standard InChI is InChI=1S/C20H29N5OS/c1-14-15(2)27-19(24-14)12-23-20(21-3)22-11-16-8-9-25(13-16)17-6-5-7-18(10-17)26-4/h5-7,10,16H,8-9,11-13H2,1-4H3,(H2,21,22,23). The van der Waals surface area contributed by atoms with Crippen LogP contribution in [0.4, 0.5) is 5.69 Å². The summed E-state index contributed by atoms with van der Waals surface area (Å²) in [5.41, 5.74) is 2.34. The molecule has 0 saturated carbocycles. The van der Waals surface area contributed by atoms with Crippen LogP contribution >= 0.6 is 11.3 Å². The fourth-order valence-corrected chi connectivity index (χ4v) is 4.15. The molecule has 6 nitrogen and oxygen atoms in total. The molecule has 1 aliphatic rings. The summed E-state index contributed by atoms with van der Waals surface area (Å²) >= 11 is 1.74. The van der Waals surface area contributed by atoms with Gasteiger partial charge in [0, 0.05) is 43.3 Å². The molecule has 1 aromatic heterocycles. The van der Waals surface area contributed by atoms with Crippen LogP contribution in [0.25, 0.3) is 0 Å². The van der Waals surface area contributed by atoms with Crippen LogP contribution in [0.15, 0.2) is 29.3 Å². The minimum absolute atomic E-state index is 0.596. The van der Waals surface area contributed by atoms with Crippen molar-refractivity contribution < 1.29 is 4.74 Å². The molecular weight excluding hydrogens is 358 g/mol. The number of hydrogen-bond donors (Lipinski definition) is 2. The fourth-order valence-electron chi connectivity index (χ4n) is 3.28. The van der Waals surface area contributed by atoms with E-state index in [2.05, 4.69) is 51.5 Å². The highest BCUT2D eigenvalue weighted by atomic mass is 32.1. The zero-order valence-electron chi connectivity index (χ0n) is 16.6. The molecule has 1 aromatic carbocycles. The number of nitrogens with one attached hydrogen (secondary N) is 2. The minimum Gasteiger partial charge on any atom is -0.497 e. The SMILES string of the molecule is CN=C(NCc1nc(C)c(C)s1)NCC1CCN(c2cccc(OC)c2)C1. The van der Waals surface area contributed by atoms with Crippen LogP contribution in [0.3, 0.4) is 0 Å². The Balaban J connectivity index is 1.46. The molecule has 1 aliphatic heterocycles. The number of nitrogens with zero attached hydrogens (tertiary/aromatic N) is 3. The van der Waals surface area contributed by atoms with Gasteiger partial charge in [-0.15, -0.1) is 11.3 Å². The quantitative estimate of drug-likeness (QED) is 0.589. The van der Waals surface area contributed by atoms with E-state index in [1.54, 1.807) is 18.4 Å². The molecule has 1 fully saturated rings. The van der Waals surface area contributed by atoms with E-state index in [4.69, 9.17) is 4.74 Å². The Morgan fingerprint density at radius 2 is 2.22 bits per heavy atom. The Kier molecular flexibility index (Phi) is 6.55. The first-order chi connectivity index (χ1) is 13.1. The summed E-state index contributed by atoms with van der Waals surface area (Å²) in [6.07, 6.45) is 1.17. The lowest BCUT2D eigenvalue weighted by Crippen LogP contribution is -2.39. The zero-order chi connectivity index (χ0) is 19.2. The number of aromatic nitrogens is 1. The van der Waals surface area contributed by atoms with E-state index >= 15 is 0 Å². The van der Waals surface area contributed by atoms with Gasteiger partial charge in [-0.2, -0.15) is 0 Å². The largest absolute Gasteiger partial charge is 0.497 e. The van der Waals surface area contributed by atoms with Gasteiger partial charge in [-0.1, -0.05) is 6.07 Å². The number of benzene rings is 1. The number of anilines is 1. The van der Waals surface area contributed by atoms with Crippen molar-refractivity contribution in [2.45, 2.75) is 26.8 Å². The van der Waals surface area contributed by atoms with Gasteiger partial charge in [-0.05, 0) is 38.3 Å². The average Bonchev–Trinajstić information content (AvgIpc) is 3.28. The van der Waals surface area contributed by atoms with E-state index in [0.717, 1.165) is 42.0 Å². The van der Waals surface area contributed by atoms with Crippen molar-refractivity contribution in [2.75, 3.05) is 38.7 Å². The van der Waals surface area contributed by atoms with Gasteiger partial charge in [0.1, 0.15) is 10.8 Å². The van der Waals surface area contributed by atoms with Gasteiger partial charge in [-0.3, -0.25) is 4.99 Å². The number of hydrogen-bond acceptors (Lipinski definition) is 5. The maximum absolute atomic E-state index is 5.34. The lowest BCUT2D eigenvalue weighted by Gasteiger charge is -2.20. The Morgan fingerprint density at radius 3 is 2.93 bits per heavy atom. The average molecular weight is 388 g/mol. The van der Waals surface area contributed by atoms with Crippen molar-refractivity contribution in [3.63, 3.8) is 0 Å². The molecule has 2 heterocycles. The number of methoxy groups -OCH3 is 1. The third kappa shape index (κ3) is 5.13. The molecule has 1 saturated heterocycles. The Hall–Kier alpha value is -2.28. The monoisotopic (exact) mass is 387 g/mol. The third-order valence-corrected chi connectivity index (χ3v) is 6.04. The normalized spacial score (nSPS) is 17.3. The first-order valence-electron chi connectivity index (χ1n) is 9.35. The molecule has 0 radical (unpaired) electrons. The fraction of sp³-hybridized carbons (Fsp3) is 0.500. The molecule has 2 N–H and O–H groups in total. The molecule has 0 amide bonds. The molecule has 1 unspecified atom stereocenters. The van der Waals surface area contributed by atoms with E-state index in [9.17, 15) is 0 Å². The van der Waals surface area contributed by atoms with Crippen molar-refractivity contribution >= 4 is 23.0 Å². The van der Waals surface area contributed by atoms with Crippen molar-refractivity contribution in [3.05, 3.63) is 39.8 Å². The minimum atomic E-state index is 0.596.